The molecule has 204 valence electrons. The van der Waals surface area contributed by atoms with Crippen LogP contribution < -0.4 is 10.6 Å². The lowest BCUT2D eigenvalue weighted by atomic mass is 9.43. The van der Waals surface area contributed by atoms with E-state index < -0.39 is 0 Å². The molecule has 4 saturated carbocycles. The Hall–Kier alpha value is -0.160. The van der Waals surface area contributed by atoms with Gasteiger partial charge in [0.1, 0.15) is 0 Å². The van der Waals surface area contributed by atoms with E-state index in [4.69, 9.17) is 0 Å². The summed E-state index contributed by atoms with van der Waals surface area (Å²) in [6, 6.07) is 0.715. The number of likely N-dealkylation sites (N-methyl/N-ethyl adjacent to an activating group) is 1. The van der Waals surface area contributed by atoms with E-state index >= 15 is 0 Å². The molecule has 0 bridgehead atoms. The molecule has 0 unspecified atom stereocenters. The Kier molecular flexibility index (Phi) is 9.32. The molecule has 0 spiro atoms. The van der Waals surface area contributed by atoms with E-state index in [0.717, 1.165) is 68.7 Å². The molecule has 0 aliphatic heterocycles. The van der Waals surface area contributed by atoms with Crippen molar-refractivity contribution in [2.45, 2.75) is 111 Å². The fourth-order valence-electron chi connectivity index (χ4n) is 10.1. The van der Waals surface area contributed by atoms with Gasteiger partial charge in [0, 0.05) is 19.1 Å². The first kappa shape index (κ1) is 27.9. The van der Waals surface area contributed by atoms with Crippen LogP contribution >= 0.6 is 0 Å². The molecule has 4 nitrogen and oxygen atoms in total. The molecule has 10 atom stereocenters. The maximum atomic E-state index is 11.8. The molecular formula is C31H59N3O. The van der Waals surface area contributed by atoms with Gasteiger partial charge in [-0.25, -0.2) is 0 Å². The van der Waals surface area contributed by atoms with Gasteiger partial charge in [-0.2, -0.15) is 0 Å². The van der Waals surface area contributed by atoms with Gasteiger partial charge < -0.3 is 20.6 Å². The van der Waals surface area contributed by atoms with Crippen molar-refractivity contribution < 1.29 is 5.11 Å². The number of hydrogen-bond donors (Lipinski definition) is 3. The molecule has 35 heavy (non-hydrogen) atoms. The minimum atomic E-state index is -0.103. The first-order chi connectivity index (χ1) is 16.8. The summed E-state index contributed by atoms with van der Waals surface area (Å²) in [6.07, 6.45) is 13.2. The first-order valence-electron chi connectivity index (χ1n) is 15.6. The average molecular weight is 490 g/mol. The Labute approximate surface area is 217 Å². The summed E-state index contributed by atoms with van der Waals surface area (Å²) in [6.45, 7) is 17.9. The molecule has 0 aromatic rings. The SMILES string of the molecule is CCN(CC)CCNCCC[C@@H](C)[C@H]1CC[C@H]2[C@@H]3CC[C@@H]4C[C@@H](NC)CC[C@]4(C)[C@H]3C[C@H](O)[C@]12C. The minimum Gasteiger partial charge on any atom is -0.393 e. The van der Waals surface area contributed by atoms with Crippen molar-refractivity contribution in [2.75, 3.05) is 39.8 Å². The van der Waals surface area contributed by atoms with Gasteiger partial charge in [0.25, 0.3) is 0 Å². The van der Waals surface area contributed by atoms with Gasteiger partial charge in [-0.05, 0) is 137 Å². The lowest BCUT2D eigenvalue weighted by molar-refractivity contribution is -0.169. The third-order valence-corrected chi connectivity index (χ3v) is 12.5. The zero-order valence-corrected chi connectivity index (χ0v) is 24.1. The van der Waals surface area contributed by atoms with E-state index in [0.29, 0.717) is 17.4 Å². The van der Waals surface area contributed by atoms with Crippen LogP contribution in [0.2, 0.25) is 0 Å². The van der Waals surface area contributed by atoms with Crippen molar-refractivity contribution in [1.29, 1.82) is 0 Å². The molecule has 4 aliphatic rings. The van der Waals surface area contributed by atoms with Gasteiger partial charge in [0.05, 0.1) is 6.10 Å². The van der Waals surface area contributed by atoms with E-state index in [1.165, 1.54) is 57.8 Å². The second-order valence-corrected chi connectivity index (χ2v) is 13.6. The highest BCUT2D eigenvalue weighted by atomic mass is 16.3. The summed E-state index contributed by atoms with van der Waals surface area (Å²) in [5.74, 6) is 4.63. The summed E-state index contributed by atoms with van der Waals surface area (Å²) >= 11 is 0. The van der Waals surface area contributed by atoms with Gasteiger partial charge >= 0.3 is 0 Å². The van der Waals surface area contributed by atoms with Crippen molar-refractivity contribution in [3.05, 3.63) is 0 Å². The molecular weight excluding hydrogens is 430 g/mol. The Morgan fingerprint density at radius 1 is 0.971 bits per heavy atom. The standard InChI is InChI=1S/C31H59N3O/c1-7-34(8-2)19-18-33-17-9-10-22(3)26-13-14-27-25-12-11-23-20-24(32-6)15-16-30(23,4)28(25)21-29(35)31(26,27)5/h22-29,32-33,35H,7-21H2,1-6H3/t22-,23-,24+,25+,26-,27+,28+,29+,30+,31-/m1/s1. The highest BCUT2D eigenvalue weighted by molar-refractivity contribution is 5.12. The summed E-state index contributed by atoms with van der Waals surface area (Å²) in [4.78, 5) is 2.49. The van der Waals surface area contributed by atoms with Gasteiger partial charge in [-0.3, -0.25) is 0 Å². The van der Waals surface area contributed by atoms with Crippen LogP contribution in [0.25, 0.3) is 0 Å². The Bertz CT molecular complexity index is 668. The molecule has 4 aliphatic carbocycles. The van der Waals surface area contributed by atoms with Crippen LogP contribution in [0.15, 0.2) is 0 Å². The Balaban J connectivity index is 1.33. The van der Waals surface area contributed by atoms with E-state index in [9.17, 15) is 5.11 Å². The van der Waals surface area contributed by atoms with Crippen molar-refractivity contribution in [3.63, 3.8) is 0 Å². The topological polar surface area (TPSA) is 47.5 Å². The van der Waals surface area contributed by atoms with E-state index in [1.54, 1.807) is 0 Å². The minimum absolute atomic E-state index is 0.103. The predicted molar refractivity (Wildman–Crippen MR) is 149 cm³/mol. The molecule has 4 rings (SSSR count). The fourth-order valence-corrected chi connectivity index (χ4v) is 10.1. The molecule has 0 heterocycles. The van der Waals surface area contributed by atoms with Crippen LogP contribution in [-0.2, 0) is 0 Å². The third-order valence-electron chi connectivity index (χ3n) is 12.5. The number of rotatable bonds is 11. The van der Waals surface area contributed by atoms with Crippen LogP contribution in [0.4, 0.5) is 0 Å². The van der Waals surface area contributed by atoms with E-state index in [2.05, 4.69) is 57.2 Å². The first-order valence-corrected chi connectivity index (χ1v) is 15.6. The number of aliphatic hydroxyl groups excluding tert-OH is 1. The monoisotopic (exact) mass is 489 g/mol. The molecule has 0 amide bonds. The zero-order valence-electron chi connectivity index (χ0n) is 24.1. The predicted octanol–water partition coefficient (Wildman–Crippen LogP) is 5.55. The summed E-state index contributed by atoms with van der Waals surface area (Å²) in [5.41, 5.74) is 0.598. The largest absolute Gasteiger partial charge is 0.393 e. The lowest BCUT2D eigenvalue weighted by Gasteiger charge is -2.62. The summed E-state index contributed by atoms with van der Waals surface area (Å²) < 4.78 is 0. The van der Waals surface area contributed by atoms with Gasteiger partial charge in [0.2, 0.25) is 0 Å². The number of nitrogens with zero attached hydrogens (tertiary/aromatic N) is 1. The summed E-state index contributed by atoms with van der Waals surface area (Å²) in [7, 11) is 2.15. The molecule has 4 fully saturated rings. The van der Waals surface area contributed by atoms with Gasteiger partial charge in [-0.1, -0.05) is 34.6 Å². The van der Waals surface area contributed by atoms with Crippen molar-refractivity contribution >= 4 is 0 Å². The maximum Gasteiger partial charge on any atom is 0.0602 e. The molecule has 4 heteroatoms. The van der Waals surface area contributed by atoms with Crippen LogP contribution in [0.5, 0.6) is 0 Å². The number of nitrogens with one attached hydrogen (secondary N) is 2. The maximum absolute atomic E-state index is 11.8. The second kappa shape index (κ2) is 11.7. The number of aliphatic hydroxyl groups is 1. The van der Waals surface area contributed by atoms with Crippen LogP contribution in [0.1, 0.15) is 98.8 Å². The zero-order chi connectivity index (χ0) is 25.2. The highest BCUT2D eigenvalue weighted by Crippen LogP contribution is 2.68. The van der Waals surface area contributed by atoms with Gasteiger partial charge in [-0.15, -0.1) is 0 Å². The average Bonchev–Trinajstić information content (AvgIpc) is 3.22. The molecule has 3 N–H and O–H groups in total. The Morgan fingerprint density at radius 3 is 2.46 bits per heavy atom. The van der Waals surface area contributed by atoms with Crippen molar-refractivity contribution in [2.24, 2.45) is 46.3 Å². The fraction of sp³-hybridized carbons (Fsp3) is 1.00. The van der Waals surface area contributed by atoms with Crippen LogP contribution in [0, 0.1) is 46.3 Å². The van der Waals surface area contributed by atoms with Crippen LogP contribution in [0.3, 0.4) is 0 Å². The van der Waals surface area contributed by atoms with Crippen molar-refractivity contribution in [3.8, 4) is 0 Å². The molecule has 0 saturated heterocycles. The normalized spacial score (nSPS) is 44.1. The Morgan fingerprint density at radius 2 is 1.74 bits per heavy atom. The summed E-state index contributed by atoms with van der Waals surface area (Å²) in [5, 5.41) is 19.1. The highest BCUT2D eigenvalue weighted by Gasteiger charge is 2.63. The van der Waals surface area contributed by atoms with Gasteiger partial charge in [0.15, 0.2) is 0 Å². The molecule has 0 aromatic carbocycles. The molecule has 0 radical (unpaired) electrons. The van der Waals surface area contributed by atoms with E-state index in [1.807, 2.05) is 0 Å². The molecule has 0 aromatic heterocycles. The smallest absolute Gasteiger partial charge is 0.0602 e. The number of fused-ring (bicyclic) bond motifs is 5. The quantitative estimate of drug-likeness (QED) is 0.333. The van der Waals surface area contributed by atoms with E-state index in [-0.39, 0.29) is 11.5 Å². The number of hydrogen-bond acceptors (Lipinski definition) is 4. The van der Waals surface area contributed by atoms with Crippen LogP contribution in [-0.4, -0.2) is 61.9 Å². The van der Waals surface area contributed by atoms with Crippen molar-refractivity contribution in [1.82, 2.24) is 15.5 Å². The third kappa shape index (κ3) is 5.25. The lowest BCUT2D eigenvalue weighted by Crippen LogP contribution is -2.59. The second-order valence-electron chi connectivity index (χ2n) is 13.6.